The molecule has 0 radical (unpaired) electrons. The summed E-state index contributed by atoms with van der Waals surface area (Å²) in [5.41, 5.74) is 1.33. The molecule has 1 rings (SSSR count). The molecule has 0 saturated heterocycles. The second-order valence-electron chi connectivity index (χ2n) is 5.53. The summed E-state index contributed by atoms with van der Waals surface area (Å²) < 4.78 is 34.7. The molecule has 1 aromatic rings. The third-order valence-electron chi connectivity index (χ3n) is 2.55. The van der Waals surface area contributed by atoms with Gasteiger partial charge >= 0.3 is 0 Å². The Morgan fingerprint density at radius 2 is 2.05 bits per heavy atom. The first-order chi connectivity index (χ1) is 9.25. The molecule has 0 bridgehead atoms. The molecule has 0 heterocycles. The lowest BCUT2D eigenvalue weighted by atomic mass is 10.1. The van der Waals surface area contributed by atoms with Gasteiger partial charge in [0.1, 0.15) is 11.0 Å². The number of nitrogens with zero attached hydrogens (tertiary/aromatic N) is 1. The molecule has 0 aliphatic heterocycles. The van der Waals surface area contributed by atoms with Crippen molar-refractivity contribution in [3.8, 4) is 5.75 Å². The lowest BCUT2D eigenvalue weighted by Gasteiger charge is -2.14. The van der Waals surface area contributed by atoms with Gasteiger partial charge in [0.15, 0.2) is 11.6 Å². The van der Waals surface area contributed by atoms with Crippen molar-refractivity contribution < 1.29 is 13.3 Å². The third kappa shape index (κ3) is 4.71. The molecule has 1 atom stereocenters. The maximum absolute atomic E-state index is 13.6. The molecule has 20 heavy (non-hydrogen) atoms. The Morgan fingerprint density at radius 1 is 1.40 bits per heavy atom. The highest BCUT2D eigenvalue weighted by molar-refractivity contribution is 7.85. The van der Waals surface area contributed by atoms with Gasteiger partial charge in [-0.3, -0.25) is 0 Å². The van der Waals surface area contributed by atoms with Gasteiger partial charge in [0.2, 0.25) is 0 Å². The van der Waals surface area contributed by atoms with Crippen LogP contribution in [0.25, 0.3) is 0 Å². The Morgan fingerprint density at radius 3 is 2.60 bits per heavy atom. The van der Waals surface area contributed by atoms with Gasteiger partial charge in [-0.25, -0.2) is 8.60 Å². The van der Waals surface area contributed by atoms with Crippen molar-refractivity contribution in [2.45, 2.75) is 45.8 Å². The highest BCUT2D eigenvalue weighted by atomic mass is 32.2. The molecule has 0 aromatic heterocycles. The summed E-state index contributed by atoms with van der Waals surface area (Å²) >= 11 is 0. The number of ether oxygens (including phenoxy) is 1. The summed E-state index contributed by atoms with van der Waals surface area (Å²) in [5.74, 6) is -0.188. The average Bonchev–Trinajstić information content (AvgIpc) is 2.36. The van der Waals surface area contributed by atoms with E-state index < -0.39 is 21.5 Å². The molecular weight excluding hydrogens is 277 g/mol. The van der Waals surface area contributed by atoms with Crippen LogP contribution in [0.5, 0.6) is 5.75 Å². The van der Waals surface area contributed by atoms with Gasteiger partial charge in [0, 0.05) is 5.56 Å². The van der Waals surface area contributed by atoms with Crippen LogP contribution >= 0.6 is 0 Å². The van der Waals surface area contributed by atoms with Crippen molar-refractivity contribution in [3.63, 3.8) is 0 Å². The fourth-order valence-corrected chi connectivity index (χ4v) is 1.99. The van der Waals surface area contributed by atoms with Gasteiger partial charge in [-0.2, -0.15) is 4.40 Å². The molecule has 1 aromatic carbocycles. The van der Waals surface area contributed by atoms with E-state index >= 15 is 0 Å². The Kier molecular flexibility index (Phi) is 5.87. The van der Waals surface area contributed by atoms with Gasteiger partial charge < -0.3 is 4.74 Å². The van der Waals surface area contributed by atoms with Crippen molar-refractivity contribution in [1.29, 1.82) is 0 Å². The van der Waals surface area contributed by atoms with Crippen LogP contribution in [0.2, 0.25) is 0 Å². The van der Waals surface area contributed by atoms with Crippen LogP contribution in [0.15, 0.2) is 22.6 Å². The third-order valence-corrected chi connectivity index (χ3v) is 4.04. The molecule has 112 valence electrons. The molecule has 0 spiro atoms. The van der Waals surface area contributed by atoms with Gasteiger partial charge in [0.05, 0.1) is 17.1 Å². The largest absolute Gasteiger partial charge is 0.491 e. The number of benzene rings is 1. The fourth-order valence-electron chi connectivity index (χ4n) is 1.37. The summed E-state index contributed by atoms with van der Waals surface area (Å²) in [6.45, 7) is 9.77. The standard InChI is InChI=1S/C15H22FNO2S/c1-6-9-19-14-10-12(7-8-13(14)16)11(2)17-20(18)15(3,4)5/h7-8,10H,6,9H2,1-5H3/b17-11+. The second-order valence-corrected chi connectivity index (χ2v) is 7.44. The van der Waals surface area contributed by atoms with E-state index in [1.807, 2.05) is 27.7 Å². The Balaban J connectivity index is 3.02. The van der Waals surface area contributed by atoms with Crippen LogP contribution in [-0.2, 0) is 11.0 Å². The quantitative estimate of drug-likeness (QED) is 0.774. The monoisotopic (exact) mass is 299 g/mol. The van der Waals surface area contributed by atoms with E-state index in [-0.39, 0.29) is 5.75 Å². The zero-order chi connectivity index (χ0) is 15.3. The minimum absolute atomic E-state index is 0.209. The smallest absolute Gasteiger partial charge is 0.165 e. The van der Waals surface area contributed by atoms with E-state index in [0.717, 1.165) is 12.0 Å². The molecule has 0 amide bonds. The molecule has 0 saturated carbocycles. The van der Waals surface area contributed by atoms with E-state index in [0.29, 0.717) is 12.3 Å². The highest BCUT2D eigenvalue weighted by Crippen LogP contribution is 2.21. The van der Waals surface area contributed by atoms with Crippen molar-refractivity contribution in [2.75, 3.05) is 6.61 Å². The first-order valence-electron chi connectivity index (χ1n) is 6.65. The maximum Gasteiger partial charge on any atom is 0.165 e. The first kappa shape index (κ1) is 16.8. The van der Waals surface area contributed by atoms with Crippen LogP contribution in [0.1, 0.15) is 46.6 Å². The average molecular weight is 299 g/mol. The molecule has 0 fully saturated rings. The van der Waals surface area contributed by atoms with E-state index in [2.05, 4.69) is 4.40 Å². The van der Waals surface area contributed by atoms with Crippen molar-refractivity contribution in [1.82, 2.24) is 0 Å². The fraction of sp³-hybridized carbons (Fsp3) is 0.533. The van der Waals surface area contributed by atoms with E-state index in [9.17, 15) is 8.60 Å². The minimum atomic E-state index is -1.33. The lowest BCUT2D eigenvalue weighted by molar-refractivity contribution is 0.301. The van der Waals surface area contributed by atoms with Crippen LogP contribution < -0.4 is 4.74 Å². The summed E-state index contributed by atoms with van der Waals surface area (Å²) in [7, 11) is -1.33. The number of halogens is 1. The lowest BCUT2D eigenvalue weighted by Crippen LogP contribution is -2.20. The van der Waals surface area contributed by atoms with Crippen LogP contribution in [0, 0.1) is 5.82 Å². The van der Waals surface area contributed by atoms with Crippen molar-refractivity contribution in [3.05, 3.63) is 29.6 Å². The minimum Gasteiger partial charge on any atom is -0.491 e. The van der Waals surface area contributed by atoms with E-state index in [1.54, 1.807) is 19.1 Å². The topological polar surface area (TPSA) is 38.7 Å². The molecule has 0 aliphatic rings. The van der Waals surface area contributed by atoms with Crippen molar-refractivity contribution >= 4 is 16.7 Å². The van der Waals surface area contributed by atoms with Gasteiger partial charge in [-0.15, -0.1) is 0 Å². The van der Waals surface area contributed by atoms with Crippen molar-refractivity contribution in [2.24, 2.45) is 4.40 Å². The van der Waals surface area contributed by atoms with Crippen LogP contribution in [0.4, 0.5) is 4.39 Å². The van der Waals surface area contributed by atoms with Gasteiger partial charge in [-0.05, 0) is 52.3 Å². The zero-order valence-electron chi connectivity index (χ0n) is 12.7. The highest BCUT2D eigenvalue weighted by Gasteiger charge is 2.19. The summed E-state index contributed by atoms with van der Waals surface area (Å²) in [6.07, 6.45) is 0.810. The van der Waals surface area contributed by atoms with E-state index in [1.165, 1.54) is 6.07 Å². The van der Waals surface area contributed by atoms with E-state index in [4.69, 9.17) is 4.74 Å². The maximum atomic E-state index is 13.6. The molecule has 0 N–H and O–H groups in total. The molecular formula is C15H22FNO2S. The second kappa shape index (κ2) is 6.97. The summed E-state index contributed by atoms with van der Waals surface area (Å²) in [6, 6.07) is 4.57. The van der Waals surface area contributed by atoms with Crippen LogP contribution in [0.3, 0.4) is 0 Å². The van der Waals surface area contributed by atoms with Crippen LogP contribution in [-0.4, -0.2) is 21.3 Å². The molecule has 3 nitrogen and oxygen atoms in total. The molecule has 0 aliphatic carbocycles. The number of rotatable bonds is 5. The summed E-state index contributed by atoms with van der Waals surface area (Å²) in [4.78, 5) is 0. The van der Waals surface area contributed by atoms with Gasteiger partial charge in [0.25, 0.3) is 0 Å². The predicted octanol–water partition coefficient (Wildman–Crippen LogP) is 3.89. The number of hydrogen-bond acceptors (Lipinski definition) is 2. The Labute approximate surface area is 122 Å². The predicted molar refractivity (Wildman–Crippen MR) is 82.3 cm³/mol. The first-order valence-corrected chi connectivity index (χ1v) is 7.76. The Bertz CT molecular complexity index is 521. The SMILES string of the molecule is CCCOc1cc(/C(C)=N/S(=O)C(C)(C)C)ccc1F. The summed E-state index contributed by atoms with van der Waals surface area (Å²) in [5, 5.41) is 0. The molecule has 5 heteroatoms. The zero-order valence-corrected chi connectivity index (χ0v) is 13.5. The number of hydrogen-bond donors (Lipinski definition) is 0. The normalized spacial score (nSPS) is 14.2. The Hall–Kier alpha value is -1.23. The van der Waals surface area contributed by atoms with Gasteiger partial charge in [-0.1, -0.05) is 6.92 Å². The molecule has 1 unspecified atom stereocenters.